The standard InChI is InChI=1S/C14H17ClFN3O/c15-13-11-3-4-19(10-1-2-10)14(20)12(11)8-18(13)7-9(5-16)6-17/h5,8,10H,1-4,6-7,17H2/b9-5+. The van der Waals surface area contributed by atoms with Gasteiger partial charge < -0.3 is 15.2 Å². The van der Waals surface area contributed by atoms with Crippen LogP contribution in [0.15, 0.2) is 18.1 Å². The fourth-order valence-electron chi connectivity index (χ4n) is 2.70. The number of hydrogen-bond donors (Lipinski definition) is 1. The number of halogens is 2. The van der Waals surface area contributed by atoms with Gasteiger partial charge in [-0.15, -0.1) is 0 Å². The predicted molar refractivity (Wildman–Crippen MR) is 75.4 cm³/mol. The van der Waals surface area contributed by atoms with Gasteiger partial charge in [-0.1, -0.05) is 11.6 Å². The van der Waals surface area contributed by atoms with Crippen LogP contribution in [-0.2, 0) is 13.0 Å². The second-order valence-corrected chi connectivity index (χ2v) is 5.75. The molecule has 0 atom stereocenters. The SMILES string of the molecule is NC/C(=C\F)Cn1cc2c(c1Cl)CCN(C1CC1)C2=O. The maximum atomic E-state index is 12.6. The molecular weight excluding hydrogens is 281 g/mol. The first-order valence-corrected chi connectivity index (χ1v) is 7.20. The van der Waals surface area contributed by atoms with E-state index in [1.54, 1.807) is 10.8 Å². The summed E-state index contributed by atoms with van der Waals surface area (Å²) in [4.78, 5) is 14.4. The average Bonchev–Trinajstić information content (AvgIpc) is 3.24. The van der Waals surface area contributed by atoms with E-state index in [0.717, 1.165) is 31.4 Å². The molecule has 108 valence electrons. The van der Waals surface area contributed by atoms with Gasteiger partial charge in [0, 0.05) is 37.4 Å². The molecular formula is C14H17ClFN3O. The Morgan fingerprint density at radius 3 is 2.90 bits per heavy atom. The van der Waals surface area contributed by atoms with Crippen molar-refractivity contribution in [3.05, 3.63) is 34.4 Å². The van der Waals surface area contributed by atoms with Gasteiger partial charge in [0.05, 0.1) is 11.9 Å². The van der Waals surface area contributed by atoms with Crippen LogP contribution in [0.2, 0.25) is 5.15 Å². The number of nitrogens with zero attached hydrogens (tertiary/aromatic N) is 2. The third-order valence-corrected chi connectivity index (χ3v) is 4.43. The van der Waals surface area contributed by atoms with E-state index in [4.69, 9.17) is 17.3 Å². The monoisotopic (exact) mass is 297 g/mol. The topological polar surface area (TPSA) is 51.3 Å². The molecule has 2 aliphatic rings. The highest BCUT2D eigenvalue weighted by Gasteiger charge is 2.37. The smallest absolute Gasteiger partial charge is 0.255 e. The molecule has 0 saturated heterocycles. The van der Waals surface area contributed by atoms with E-state index in [0.29, 0.717) is 28.7 Å². The summed E-state index contributed by atoms with van der Waals surface area (Å²) >= 11 is 6.31. The van der Waals surface area contributed by atoms with Gasteiger partial charge in [0.1, 0.15) is 5.15 Å². The second-order valence-electron chi connectivity index (χ2n) is 5.39. The van der Waals surface area contributed by atoms with Gasteiger partial charge in [0.25, 0.3) is 5.91 Å². The molecule has 3 rings (SSSR count). The molecule has 0 radical (unpaired) electrons. The first-order chi connectivity index (χ1) is 9.65. The Balaban J connectivity index is 1.89. The van der Waals surface area contributed by atoms with E-state index in [9.17, 15) is 9.18 Å². The Kier molecular flexibility index (Phi) is 3.56. The molecule has 4 nitrogen and oxygen atoms in total. The molecule has 0 bridgehead atoms. The minimum Gasteiger partial charge on any atom is -0.335 e. The number of fused-ring (bicyclic) bond motifs is 1. The summed E-state index contributed by atoms with van der Waals surface area (Å²) in [6.45, 7) is 1.15. The van der Waals surface area contributed by atoms with Gasteiger partial charge in [-0.25, -0.2) is 4.39 Å². The van der Waals surface area contributed by atoms with Crippen molar-refractivity contribution in [2.75, 3.05) is 13.1 Å². The van der Waals surface area contributed by atoms with Gasteiger partial charge >= 0.3 is 0 Å². The second kappa shape index (κ2) is 5.22. The van der Waals surface area contributed by atoms with E-state index < -0.39 is 0 Å². The van der Waals surface area contributed by atoms with Crippen LogP contribution in [0, 0.1) is 0 Å². The molecule has 20 heavy (non-hydrogen) atoms. The number of nitrogens with two attached hydrogens (primary N) is 1. The van der Waals surface area contributed by atoms with Gasteiger partial charge in [-0.3, -0.25) is 4.79 Å². The van der Waals surface area contributed by atoms with Crippen molar-refractivity contribution in [3.8, 4) is 0 Å². The number of amides is 1. The molecule has 2 N–H and O–H groups in total. The lowest BCUT2D eigenvalue weighted by molar-refractivity contribution is 0.0727. The highest BCUT2D eigenvalue weighted by atomic mass is 35.5. The van der Waals surface area contributed by atoms with Gasteiger partial charge in [-0.05, 0) is 24.8 Å². The first-order valence-electron chi connectivity index (χ1n) is 6.82. The number of aromatic nitrogens is 1. The summed E-state index contributed by atoms with van der Waals surface area (Å²) in [6, 6.07) is 0.406. The molecule has 1 amide bonds. The lowest BCUT2D eigenvalue weighted by Crippen LogP contribution is -2.38. The number of carbonyl (C=O) groups is 1. The molecule has 1 saturated carbocycles. The van der Waals surface area contributed by atoms with Crippen LogP contribution < -0.4 is 5.73 Å². The summed E-state index contributed by atoms with van der Waals surface area (Å²) in [6.07, 6.45) is 5.19. The third-order valence-electron chi connectivity index (χ3n) is 3.98. The maximum Gasteiger partial charge on any atom is 0.255 e. The van der Waals surface area contributed by atoms with Crippen LogP contribution in [0.1, 0.15) is 28.8 Å². The fraction of sp³-hybridized carbons (Fsp3) is 0.500. The molecule has 1 aliphatic carbocycles. The van der Waals surface area contributed by atoms with Gasteiger partial charge in [0.2, 0.25) is 0 Å². The number of rotatable bonds is 4. The first kappa shape index (κ1) is 13.6. The van der Waals surface area contributed by atoms with Crippen LogP contribution >= 0.6 is 11.6 Å². The van der Waals surface area contributed by atoms with Gasteiger partial charge in [-0.2, -0.15) is 0 Å². The minimum absolute atomic E-state index is 0.0490. The molecule has 2 heterocycles. The van der Waals surface area contributed by atoms with Crippen molar-refractivity contribution in [3.63, 3.8) is 0 Å². The normalized spacial score (nSPS) is 19.4. The van der Waals surface area contributed by atoms with E-state index in [1.165, 1.54) is 0 Å². The molecule has 1 aromatic heterocycles. The van der Waals surface area contributed by atoms with Gasteiger partial charge in [0.15, 0.2) is 0 Å². The van der Waals surface area contributed by atoms with Crippen molar-refractivity contribution >= 4 is 17.5 Å². The molecule has 0 unspecified atom stereocenters. The Morgan fingerprint density at radius 1 is 1.55 bits per heavy atom. The zero-order valence-corrected chi connectivity index (χ0v) is 11.9. The quantitative estimate of drug-likeness (QED) is 0.925. The zero-order valence-electron chi connectivity index (χ0n) is 11.1. The van der Waals surface area contributed by atoms with E-state index >= 15 is 0 Å². The molecule has 6 heteroatoms. The summed E-state index contributed by atoms with van der Waals surface area (Å²) in [5.41, 5.74) is 7.45. The molecule has 1 aliphatic heterocycles. The third kappa shape index (κ3) is 2.25. The van der Waals surface area contributed by atoms with E-state index in [2.05, 4.69) is 0 Å². The molecule has 0 spiro atoms. The van der Waals surface area contributed by atoms with Crippen LogP contribution in [-0.4, -0.2) is 34.5 Å². The lowest BCUT2D eigenvalue weighted by atomic mass is 10.0. The Hall–Kier alpha value is -1.33. The van der Waals surface area contributed by atoms with Crippen molar-refractivity contribution in [1.82, 2.24) is 9.47 Å². The number of hydrogen-bond acceptors (Lipinski definition) is 2. The van der Waals surface area contributed by atoms with Crippen LogP contribution in [0.5, 0.6) is 0 Å². The minimum atomic E-state index is 0.0490. The zero-order chi connectivity index (χ0) is 14.3. The van der Waals surface area contributed by atoms with Crippen LogP contribution in [0.4, 0.5) is 4.39 Å². The van der Waals surface area contributed by atoms with Crippen molar-refractivity contribution in [1.29, 1.82) is 0 Å². The lowest BCUT2D eigenvalue weighted by Gasteiger charge is -2.26. The largest absolute Gasteiger partial charge is 0.335 e. The summed E-state index contributed by atoms with van der Waals surface area (Å²) in [5.74, 6) is 0.0490. The highest BCUT2D eigenvalue weighted by molar-refractivity contribution is 6.31. The van der Waals surface area contributed by atoms with Crippen LogP contribution in [0.3, 0.4) is 0 Å². The van der Waals surface area contributed by atoms with Crippen molar-refractivity contribution in [2.45, 2.75) is 31.8 Å². The molecule has 0 aromatic carbocycles. The van der Waals surface area contributed by atoms with E-state index in [-0.39, 0.29) is 19.0 Å². The average molecular weight is 298 g/mol. The predicted octanol–water partition coefficient (Wildman–Crippen LogP) is 2.11. The van der Waals surface area contributed by atoms with Crippen LogP contribution in [0.25, 0.3) is 0 Å². The summed E-state index contributed by atoms with van der Waals surface area (Å²) < 4.78 is 14.3. The number of carbonyl (C=O) groups excluding carboxylic acids is 1. The molecule has 1 aromatic rings. The fourth-order valence-corrected chi connectivity index (χ4v) is 3.00. The Bertz CT molecular complexity index is 577. The van der Waals surface area contributed by atoms with Crippen molar-refractivity contribution < 1.29 is 9.18 Å². The van der Waals surface area contributed by atoms with E-state index in [1.807, 2.05) is 4.90 Å². The summed E-state index contributed by atoms with van der Waals surface area (Å²) in [5, 5.41) is 0.525. The van der Waals surface area contributed by atoms with Crippen molar-refractivity contribution in [2.24, 2.45) is 5.73 Å². The molecule has 1 fully saturated rings. The Morgan fingerprint density at radius 2 is 2.30 bits per heavy atom. The summed E-state index contributed by atoms with van der Waals surface area (Å²) in [7, 11) is 0. The maximum absolute atomic E-state index is 12.6. The Labute approximate surface area is 122 Å². The highest BCUT2D eigenvalue weighted by Crippen LogP contribution is 2.34.